The molecule has 0 bridgehead atoms. The van der Waals surface area contributed by atoms with Gasteiger partial charge < -0.3 is 10.7 Å². The number of imidazole rings is 1. The summed E-state index contributed by atoms with van der Waals surface area (Å²) in [5.74, 6) is 0.441. The van der Waals surface area contributed by atoms with Gasteiger partial charge in [-0.2, -0.15) is 0 Å². The molecule has 0 amide bonds. The first-order valence-electron chi connectivity index (χ1n) is 4.00. The van der Waals surface area contributed by atoms with E-state index in [1.54, 1.807) is 12.4 Å². The third kappa shape index (κ3) is 1.38. The van der Waals surface area contributed by atoms with Gasteiger partial charge in [0.2, 0.25) is 0 Å². The maximum absolute atomic E-state index is 5.53. The minimum absolute atomic E-state index is 0.441. The molecular formula is C9H10N4. The zero-order valence-corrected chi connectivity index (χ0v) is 7.28. The lowest BCUT2D eigenvalue weighted by atomic mass is 10.2. The Kier molecular flexibility index (Phi) is 1.73. The van der Waals surface area contributed by atoms with Gasteiger partial charge in [-0.25, -0.2) is 4.98 Å². The molecular weight excluding hydrogens is 164 g/mol. The van der Waals surface area contributed by atoms with E-state index in [9.17, 15) is 0 Å². The fourth-order valence-electron chi connectivity index (χ4n) is 1.27. The van der Waals surface area contributed by atoms with Crippen LogP contribution in [0, 0.1) is 6.92 Å². The van der Waals surface area contributed by atoms with Gasteiger partial charge in [0.25, 0.3) is 0 Å². The Hall–Kier alpha value is -1.84. The van der Waals surface area contributed by atoms with Crippen LogP contribution in [-0.2, 0) is 0 Å². The molecule has 66 valence electrons. The van der Waals surface area contributed by atoms with Crippen LogP contribution in [0.5, 0.6) is 0 Å². The molecule has 0 aliphatic rings. The van der Waals surface area contributed by atoms with Crippen LogP contribution in [0.4, 0.5) is 5.95 Å². The summed E-state index contributed by atoms with van der Waals surface area (Å²) >= 11 is 0. The number of nitrogen functional groups attached to an aromatic ring is 1. The molecule has 0 spiro atoms. The highest BCUT2D eigenvalue weighted by Gasteiger charge is 2.05. The summed E-state index contributed by atoms with van der Waals surface area (Å²) in [4.78, 5) is 11.1. The molecule has 0 atom stereocenters. The van der Waals surface area contributed by atoms with Crippen molar-refractivity contribution in [1.82, 2.24) is 15.0 Å². The van der Waals surface area contributed by atoms with Crippen LogP contribution in [0.25, 0.3) is 11.3 Å². The van der Waals surface area contributed by atoms with Crippen LogP contribution in [0.2, 0.25) is 0 Å². The summed E-state index contributed by atoms with van der Waals surface area (Å²) in [5, 5.41) is 0. The van der Waals surface area contributed by atoms with Crippen LogP contribution in [-0.4, -0.2) is 15.0 Å². The third-order valence-electron chi connectivity index (χ3n) is 1.84. The van der Waals surface area contributed by atoms with Gasteiger partial charge in [0.05, 0.1) is 5.69 Å². The zero-order chi connectivity index (χ0) is 9.26. The summed E-state index contributed by atoms with van der Waals surface area (Å²) in [6.45, 7) is 1.94. The van der Waals surface area contributed by atoms with E-state index >= 15 is 0 Å². The van der Waals surface area contributed by atoms with E-state index in [0.29, 0.717) is 5.95 Å². The predicted molar refractivity (Wildman–Crippen MR) is 51.0 cm³/mol. The molecule has 2 heterocycles. The minimum Gasteiger partial charge on any atom is -0.369 e. The second kappa shape index (κ2) is 2.90. The molecule has 2 rings (SSSR count). The Morgan fingerprint density at radius 2 is 2.31 bits per heavy atom. The van der Waals surface area contributed by atoms with Crippen molar-refractivity contribution in [1.29, 1.82) is 0 Å². The van der Waals surface area contributed by atoms with Gasteiger partial charge in [-0.05, 0) is 19.1 Å². The summed E-state index contributed by atoms with van der Waals surface area (Å²) in [6.07, 6.45) is 3.50. The molecule has 3 N–H and O–H groups in total. The van der Waals surface area contributed by atoms with Gasteiger partial charge in [0, 0.05) is 23.7 Å². The first kappa shape index (κ1) is 7.79. The lowest BCUT2D eigenvalue weighted by molar-refractivity contribution is 1.26. The van der Waals surface area contributed by atoms with Gasteiger partial charge in [0.15, 0.2) is 5.95 Å². The number of aromatic amines is 1. The standard InChI is InChI=1S/C9H10N4/c1-6-8(13-9(10)12-6)7-3-2-4-11-5-7/h2-5H,1H3,(H3,10,12,13). The summed E-state index contributed by atoms with van der Waals surface area (Å²) in [5.41, 5.74) is 8.34. The normalized spacial score (nSPS) is 10.2. The van der Waals surface area contributed by atoms with Crippen molar-refractivity contribution < 1.29 is 0 Å². The average molecular weight is 174 g/mol. The monoisotopic (exact) mass is 174 g/mol. The zero-order valence-electron chi connectivity index (χ0n) is 7.28. The average Bonchev–Trinajstić information content (AvgIpc) is 2.47. The van der Waals surface area contributed by atoms with Crippen molar-refractivity contribution in [2.75, 3.05) is 5.73 Å². The molecule has 4 nitrogen and oxygen atoms in total. The molecule has 0 radical (unpaired) electrons. The van der Waals surface area contributed by atoms with E-state index in [-0.39, 0.29) is 0 Å². The molecule has 2 aromatic rings. The summed E-state index contributed by atoms with van der Waals surface area (Å²) < 4.78 is 0. The molecule has 13 heavy (non-hydrogen) atoms. The summed E-state index contributed by atoms with van der Waals surface area (Å²) in [7, 11) is 0. The Bertz CT molecular complexity index is 405. The van der Waals surface area contributed by atoms with E-state index in [2.05, 4.69) is 15.0 Å². The number of aryl methyl sites for hydroxylation is 1. The molecule has 0 aromatic carbocycles. The highest BCUT2D eigenvalue weighted by atomic mass is 15.0. The Morgan fingerprint density at radius 3 is 2.85 bits per heavy atom. The number of anilines is 1. The van der Waals surface area contributed by atoms with Crippen LogP contribution in [0.3, 0.4) is 0 Å². The van der Waals surface area contributed by atoms with Crippen molar-refractivity contribution in [3.8, 4) is 11.3 Å². The molecule has 0 saturated heterocycles. The van der Waals surface area contributed by atoms with E-state index in [1.807, 2.05) is 19.1 Å². The highest BCUT2D eigenvalue weighted by molar-refractivity contribution is 5.62. The summed E-state index contributed by atoms with van der Waals surface area (Å²) in [6, 6.07) is 3.83. The van der Waals surface area contributed by atoms with E-state index in [0.717, 1.165) is 17.0 Å². The largest absolute Gasteiger partial charge is 0.369 e. The van der Waals surface area contributed by atoms with Crippen molar-refractivity contribution in [2.45, 2.75) is 6.92 Å². The second-order valence-corrected chi connectivity index (χ2v) is 2.84. The number of nitrogens with one attached hydrogen (secondary N) is 1. The topological polar surface area (TPSA) is 67.6 Å². The lowest BCUT2D eigenvalue weighted by Crippen LogP contribution is -1.85. The number of rotatable bonds is 1. The Morgan fingerprint density at radius 1 is 1.46 bits per heavy atom. The quantitative estimate of drug-likeness (QED) is 0.686. The third-order valence-corrected chi connectivity index (χ3v) is 1.84. The molecule has 0 unspecified atom stereocenters. The van der Waals surface area contributed by atoms with Gasteiger partial charge in [-0.3, -0.25) is 4.98 Å². The number of nitrogens with zero attached hydrogens (tertiary/aromatic N) is 2. The van der Waals surface area contributed by atoms with Gasteiger partial charge in [0.1, 0.15) is 0 Å². The van der Waals surface area contributed by atoms with Crippen LogP contribution in [0.15, 0.2) is 24.5 Å². The van der Waals surface area contributed by atoms with Crippen LogP contribution in [0.1, 0.15) is 5.69 Å². The highest BCUT2D eigenvalue weighted by Crippen LogP contribution is 2.19. The predicted octanol–water partition coefficient (Wildman–Crippen LogP) is 1.36. The lowest BCUT2D eigenvalue weighted by Gasteiger charge is -1.95. The smallest absolute Gasteiger partial charge is 0.198 e. The first-order chi connectivity index (χ1) is 6.27. The Labute approximate surface area is 75.8 Å². The first-order valence-corrected chi connectivity index (χ1v) is 4.00. The van der Waals surface area contributed by atoms with E-state index in [4.69, 9.17) is 5.73 Å². The van der Waals surface area contributed by atoms with Crippen LogP contribution < -0.4 is 5.73 Å². The number of aromatic nitrogens is 3. The molecule has 0 aliphatic carbocycles. The fourth-order valence-corrected chi connectivity index (χ4v) is 1.27. The minimum atomic E-state index is 0.441. The maximum Gasteiger partial charge on any atom is 0.198 e. The molecule has 0 saturated carbocycles. The Balaban J connectivity index is 2.53. The molecule has 0 aliphatic heterocycles. The SMILES string of the molecule is Cc1[nH]c(N)nc1-c1cccnc1. The van der Waals surface area contributed by atoms with Crippen LogP contribution >= 0.6 is 0 Å². The fraction of sp³-hybridized carbons (Fsp3) is 0.111. The van der Waals surface area contributed by atoms with E-state index < -0.39 is 0 Å². The molecule has 2 aromatic heterocycles. The molecule has 4 heteroatoms. The number of nitrogens with two attached hydrogens (primary N) is 1. The van der Waals surface area contributed by atoms with Crippen molar-refractivity contribution in [2.24, 2.45) is 0 Å². The van der Waals surface area contributed by atoms with Gasteiger partial charge in [-0.15, -0.1) is 0 Å². The molecule has 0 fully saturated rings. The number of hydrogen-bond acceptors (Lipinski definition) is 3. The van der Waals surface area contributed by atoms with Crippen molar-refractivity contribution in [3.05, 3.63) is 30.2 Å². The van der Waals surface area contributed by atoms with Crippen molar-refractivity contribution in [3.63, 3.8) is 0 Å². The second-order valence-electron chi connectivity index (χ2n) is 2.84. The number of pyridine rings is 1. The van der Waals surface area contributed by atoms with Gasteiger partial charge in [-0.1, -0.05) is 0 Å². The van der Waals surface area contributed by atoms with E-state index in [1.165, 1.54) is 0 Å². The number of H-pyrrole nitrogens is 1. The van der Waals surface area contributed by atoms with Gasteiger partial charge >= 0.3 is 0 Å². The van der Waals surface area contributed by atoms with Crippen molar-refractivity contribution >= 4 is 5.95 Å². The number of hydrogen-bond donors (Lipinski definition) is 2. The maximum atomic E-state index is 5.53.